The van der Waals surface area contributed by atoms with Crippen LogP contribution >= 0.6 is 0 Å². The molecule has 1 aliphatic rings. The summed E-state index contributed by atoms with van der Waals surface area (Å²) >= 11 is 0. The SMILES string of the molecule is COc1ccc(C(NC(=O)Cc2c(C)[nH]c(=O)[nH]c2=O)C2CC(O)C2)cn1. The van der Waals surface area contributed by atoms with Gasteiger partial charge in [0.05, 0.1) is 25.7 Å². The molecule has 0 spiro atoms. The summed E-state index contributed by atoms with van der Waals surface area (Å²) in [7, 11) is 1.52. The summed E-state index contributed by atoms with van der Waals surface area (Å²) in [6.45, 7) is 1.58. The Morgan fingerprint density at radius 2 is 2.11 bits per heavy atom. The Hall–Kier alpha value is -2.94. The number of methoxy groups -OCH3 is 1. The van der Waals surface area contributed by atoms with Crippen molar-refractivity contribution in [3.63, 3.8) is 0 Å². The highest BCUT2D eigenvalue weighted by molar-refractivity contribution is 5.79. The van der Waals surface area contributed by atoms with E-state index in [-0.39, 0.29) is 36.0 Å². The lowest BCUT2D eigenvalue weighted by molar-refractivity contribution is -0.122. The lowest BCUT2D eigenvalue weighted by Gasteiger charge is -2.38. The Morgan fingerprint density at radius 3 is 2.67 bits per heavy atom. The summed E-state index contributed by atoms with van der Waals surface area (Å²) in [5.41, 5.74) is 0.196. The zero-order valence-corrected chi connectivity index (χ0v) is 15.1. The maximum absolute atomic E-state index is 12.6. The first-order valence-electron chi connectivity index (χ1n) is 8.66. The number of H-pyrrole nitrogens is 2. The van der Waals surface area contributed by atoms with Crippen LogP contribution in [-0.2, 0) is 11.2 Å². The molecule has 1 saturated carbocycles. The maximum Gasteiger partial charge on any atom is 0.325 e. The second kappa shape index (κ2) is 7.75. The monoisotopic (exact) mass is 374 g/mol. The molecule has 2 aromatic heterocycles. The van der Waals surface area contributed by atoms with Crippen molar-refractivity contribution in [2.24, 2.45) is 5.92 Å². The summed E-state index contributed by atoms with van der Waals surface area (Å²) in [6, 6.07) is 3.20. The molecule has 144 valence electrons. The van der Waals surface area contributed by atoms with E-state index < -0.39 is 11.2 Å². The third kappa shape index (κ3) is 4.25. The van der Waals surface area contributed by atoms with E-state index in [4.69, 9.17) is 4.74 Å². The number of aryl methyl sites for hydroxylation is 1. The van der Waals surface area contributed by atoms with Crippen LogP contribution in [0.3, 0.4) is 0 Å². The highest BCUT2D eigenvalue weighted by Crippen LogP contribution is 2.38. The number of hydrogen-bond acceptors (Lipinski definition) is 6. The van der Waals surface area contributed by atoms with Crippen molar-refractivity contribution in [2.75, 3.05) is 7.11 Å². The minimum absolute atomic E-state index is 0.0779. The third-order valence-corrected chi connectivity index (χ3v) is 4.86. The smallest absolute Gasteiger partial charge is 0.325 e. The van der Waals surface area contributed by atoms with Crippen LogP contribution in [0.15, 0.2) is 27.9 Å². The molecule has 4 N–H and O–H groups in total. The minimum Gasteiger partial charge on any atom is -0.481 e. The molecule has 27 heavy (non-hydrogen) atoms. The number of pyridine rings is 1. The summed E-state index contributed by atoms with van der Waals surface area (Å²) < 4.78 is 5.06. The van der Waals surface area contributed by atoms with Crippen LogP contribution < -0.4 is 21.3 Å². The largest absolute Gasteiger partial charge is 0.481 e. The number of rotatable bonds is 6. The number of aromatic nitrogens is 3. The van der Waals surface area contributed by atoms with E-state index in [9.17, 15) is 19.5 Å². The highest BCUT2D eigenvalue weighted by Gasteiger charge is 2.36. The van der Waals surface area contributed by atoms with Gasteiger partial charge in [0, 0.05) is 23.5 Å². The Labute approximate surface area is 154 Å². The summed E-state index contributed by atoms with van der Waals surface area (Å²) in [6.07, 6.45) is 2.26. The molecule has 0 saturated heterocycles. The first-order chi connectivity index (χ1) is 12.9. The Balaban J connectivity index is 1.78. The zero-order valence-electron chi connectivity index (χ0n) is 15.1. The summed E-state index contributed by atoms with van der Waals surface area (Å²) in [5.74, 6) is 0.194. The fraction of sp³-hybridized carbons (Fsp3) is 0.444. The normalized spacial score (nSPS) is 19.8. The summed E-state index contributed by atoms with van der Waals surface area (Å²) in [5, 5.41) is 12.6. The van der Waals surface area contributed by atoms with E-state index in [1.807, 2.05) is 6.07 Å². The molecule has 3 rings (SSSR count). The van der Waals surface area contributed by atoms with E-state index in [1.54, 1.807) is 19.2 Å². The molecule has 0 aliphatic heterocycles. The molecule has 0 radical (unpaired) electrons. The van der Waals surface area contributed by atoms with Crippen molar-refractivity contribution in [2.45, 2.75) is 38.3 Å². The van der Waals surface area contributed by atoms with Gasteiger partial charge in [-0.3, -0.25) is 14.6 Å². The molecule has 0 aromatic carbocycles. The second-order valence-electron chi connectivity index (χ2n) is 6.75. The predicted octanol–water partition coefficient (Wildman–Crippen LogP) is -0.0539. The molecular weight excluding hydrogens is 352 g/mol. The average molecular weight is 374 g/mol. The molecule has 1 fully saturated rings. The maximum atomic E-state index is 12.6. The molecular formula is C18H22N4O5. The van der Waals surface area contributed by atoms with Crippen LogP contribution in [0, 0.1) is 12.8 Å². The summed E-state index contributed by atoms with van der Waals surface area (Å²) in [4.78, 5) is 44.6. The first-order valence-corrected chi connectivity index (χ1v) is 8.66. The van der Waals surface area contributed by atoms with Gasteiger partial charge in [0.15, 0.2) is 0 Å². The molecule has 1 unspecified atom stereocenters. The van der Waals surface area contributed by atoms with E-state index >= 15 is 0 Å². The van der Waals surface area contributed by atoms with Crippen LogP contribution in [0.1, 0.15) is 35.7 Å². The Kier molecular flexibility index (Phi) is 5.41. The van der Waals surface area contributed by atoms with Crippen molar-refractivity contribution in [3.05, 3.63) is 56.0 Å². The topological polar surface area (TPSA) is 137 Å². The lowest BCUT2D eigenvalue weighted by atomic mass is 9.75. The predicted molar refractivity (Wildman–Crippen MR) is 96.5 cm³/mol. The Morgan fingerprint density at radius 1 is 1.37 bits per heavy atom. The molecule has 2 aromatic rings. The number of hydrogen-bond donors (Lipinski definition) is 4. The quantitative estimate of drug-likeness (QED) is 0.559. The number of ether oxygens (including phenoxy) is 1. The molecule has 1 atom stereocenters. The van der Waals surface area contributed by atoms with E-state index in [1.165, 1.54) is 7.11 Å². The fourth-order valence-corrected chi connectivity index (χ4v) is 3.30. The van der Waals surface area contributed by atoms with Gasteiger partial charge in [-0.15, -0.1) is 0 Å². The number of carbonyl (C=O) groups is 1. The molecule has 9 nitrogen and oxygen atoms in total. The number of carbonyl (C=O) groups excluding carboxylic acids is 1. The number of aliphatic hydroxyl groups excluding tert-OH is 1. The third-order valence-electron chi connectivity index (χ3n) is 4.86. The molecule has 1 amide bonds. The van der Waals surface area contributed by atoms with Crippen LogP contribution in [0.2, 0.25) is 0 Å². The van der Waals surface area contributed by atoms with Gasteiger partial charge in [0.2, 0.25) is 11.8 Å². The van der Waals surface area contributed by atoms with Crippen LogP contribution in [0.5, 0.6) is 5.88 Å². The van der Waals surface area contributed by atoms with E-state index in [0.29, 0.717) is 24.4 Å². The lowest BCUT2D eigenvalue weighted by Crippen LogP contribution is -2.42. The van der Waals surface area contributed by atoms with Crippen LogP contribution in [0.4, 0.5) is 0 Å². The van der Waals surface area contributed by atoms with Gasteiger partial charge in [-0.25, -0.2) is 9.78 Å². The fourth-order valence-electron chi connectivity index (χ4n) is 3.30. The minimum atomic E-state index is -0.604. The molecule has 2 heterocycles. The van der Waals surface area contributed by atoms with Crippen molar-refractivity contribution in [1.29, 1.82) is 0 Å². The van der Waals surface area contributed by atoms with Gasteiger partial charge in [-0.1, -0.05) is 6.07 Å². The number of nitrogens with one attached hydrogen (secondary N) is 3. The average Bonchev–Trinajstić information content (AvgIpc) is 2.60. The molecule has 1 aliphatic carbocycles. The number of aromatic amines is 2. The highest BCUT2D eigenvalue weighted by atomic mass is 16.5. The molecule has 0 bridgehead atoms. The standard InChI is InChI=1S/C18H22N4O5/c1-9-13(17(25)22-18(26)20-9)7-14(24)21-16(11-5-12(23)6-11)10-3-4-15(27-2)19-8-10/h3-4,8,11-12,16,23H,5-7H2,1-2H3,(H,21,24)(H2,20,22,25,26). The van der Waals surface area contributed by atoms with Gasteiger partial charge in [-0.05, 0) is 31.2 Å². The number of nitrogens with zero attached hydrogens (tertiary/aromatic N) is 1. The van der Waals surface area contributed by atoms with Crippen molar-refractivity contribution >= 4 is 5.91 Å². The molecule has 9 heteroatoms. The number of aliphatic hydroxyl groups is 1. The van der Waals surface area contributed by atoms with Crippen LogP contribution in [0.25, 0.3) is 0 Å². The Bertz CT molecular complexity index is 928. The van der Waals surface area contributed by atoms with Gasteiger partial charge >= 0.3 is 5.69 Å². The van der Waals surface area contributed by atoms with Gasteiger partial charge in [0.1, 0.15) is 0 Å². The zero-order chi connectivity index (χ0) is 19.6. The number of amides is 1. The van der Waals surface area contributed by atoms with Crippen molar-refractivity contribution < 1.29 is 14.6 Å². The first kappa shape index (κ1) is 18.8. The van der Waals surface area contributed by atoms with Crippen molar-refractivity contribution in [1.82, 2.24) is 20.3 Å². The van der Waals surface area contributed by atoms with E-state index in [2.05, 4.69) is 20.3 Å². The van der Waals surface area contributed by atoms with Gasteiger partial charge in [0.25, 0.3) is 5.56 Å². The van der Waals surface area contributed by atoms with E-state index in [0.717, 1.165) is 5.56 Å². The van der Waals surface area contributed by atoms with Gasteiger partial charge in [-0.2, -0.15) is 0 Å². The van der Waals surface area contributed by atoms with Crippen molar-refractivity contribution in [3.8, 4) is 5.88 Å². The van der Waals surface area contributed by atoms with Gasteiger partial charge < -0.3 is 20.1 Å². The van der Waals surface area contributed by atoms with Crippen LogP contribution in [-0.4, -0.2) is 39.2 Å². The second-order valence-corrected chi connectivity index (χ2v) is 6.75.